The van der Waals surface area contributed by atoms with Gasteiger partial charge in [0, 0.05) is 17.1 Å². The Labute approximate surface area is 135 Å². The second-order valence-corrected chi connectivity index (χ2v) is 7.51. The van der Waals surface area contributed by atoms with E-state index in [1.165, 1.54) is 19.2 Å². The molecular weight excluding hydrogens is 334 g/mol. The van der Waals surface area contributed by atoms with Crippen LogP contribution < -0.4 is 9.46 Å². The number of benzene rings is 1. The van der Waals surface area contributed by atoms with E-state index >= 15 is 0 Å². The molecule has 0 aliphatic rings. The Hall–Kier alpha value is -0.470. The molecule has 0 heterocycles. The molecule has 120 valence electrons. The van der Waals surface area contributed by atoms with Crippen LogP contribution in [0, 0.1) is 0 Å². The Bertz CT molecular complexity index is 564. The summed E-state index contributed by atoms with van der Waals surface area (Å²) in [6, 6.07) is 2.81. The largest absolute Gasteiger partial charge is 0.495 e. The molecule has 0 atom stereocenters. The van der Waals surface area contributed by atoms with Crippen molar-refractivity contribution in [1.82, 2.24) is 4.72 Å². The Kier molecular flexibility index (Phi) is 7.83. The maximum atomic E-state index is 12.3. The topological polar surface area (TPSA) is 75.6 Å². The number of methoxy groups -OCH3 is 1. The molecule has 0 amide bonds. The number of aliphatic hydroxyl groups is 1. The lowest BCUT2D eigenvalue weighted by Crippen LogP contribution is -2.25. The van der Waals surface area contributed by atoms with E-state index in [1.807, 2.05) is 6.26 Å². The van der Waals surface area contributed by atoms with Crippen molar-refractivity contribution in [3.05, 3.63) is 22.7 Å². The molecule has 0 unspecified atom stereocenters. The number of hydrogen-bond acceptors (Lipinski definition) is 5. The fraction of sp³-hybridized carbons (Fsp3) is 0.538. The summed E-state index contributed by atoms with van der Waals surface area (Å²) in [5, 5.41) is 9.52. The third kappa shape index (κ3) is 5.34. The summed E-state index contributed by atoms with van der Waals surface area (Å²) in [5.74, 6) is 1.12. The standard InChI is InChI=1S/C13H20ClNO4S2/c1-19-13-10(9-16)7-11(14)8-12(13)21(17,18)15-5-3-4-6-20-2/h7-8,15-16H,3-6,9H2,1-2H3. The van der Waals surface area contributed by atoms with Crippen molar-refractivity contribution in [3.63, 3.8) is 0 Å². The highest BCUT2D eigenvalue weighted by molar-refractivity contribution is 7.98. The molecule has 0 saturated carbocycles. The van der Waals surface area contributed by atoms with Crippen LogP contribution in [-0.4, -0.2) is 39.2 Å². The summed E-state index contributed by atoms with van der Waals surface area (Å²) < 4.78 is 32.3. The summed E-state index contributed by atoms with van der Waals surface area (Å²) in [6.07, 6.45) is 3.71. The first-order valence-corrected chi connectivity index (χ1v) is 9.67. The third-order valence-electron chi connectivity index (χ3n) is 2.83. The van der Waals surface area contributed by atoms with Gasteiger partial charge < -0.3 is 9.84 Å². The highest BCUT2D eigenvalue weighted by Gasteiger charge is 2.22. The van der Waals surface area contributed by atoms with E-state index in [1.54, 1.807) is 11.8 Å². The lowest BCUT2D eigenvalue weighted by atomic mass is 10.2. The Morgan fingerprint density at radius 1 is 1.38 bits per heavy atom. The molecule has 0 saturated heterocycles. The molecule has 0 aromatic heterocycles. The van der Waals surface area contributed by atoms with Crippen LogP contribution in [0.25, 0.3) is 0 Å². The predicted octanol–water partition coefficient (Wildman–Crippen LogP) is 2.26. The number of halogens is 1. The maximum absolute atomic E-state index is 12.3. The first-order chi connectivity index (χ1) is 9.96. The maximum Gasteiger partial charge on any atom is 0.244 e. The molecule has 0 fully saturated rings. The summed E-state index contributed by atoms with van der Waals surface area (Å²) in [7, 11) is -2.36. The quantitative estimate of drug-likeness (QED) is 0.666. The van der Waals surface area contributed by atoms with Gasteiger partial charge in [0.15, 0.2) is 0 Å². The SMILES string of the molecule is COc1c(CO)cc(Cl)cc1S(=O)(=O)NCCCCSC. The average Bonchev–Trinajstić information content (AvgIpc) is 2.46. The number of unbranched alkanes of at least 4 members (excludes halogenated alkanes) is 1. The molecule has 0 aliphatic carbocycles. The van der Waals surface area contributed by atoms with Crippen molar-refractivity contribution in [2.45, 2.75) is 24.3 Å². The minimum atomic E-state index is -3.72. The monoisotopic (exact) mass is 353 g/mol. The molecule has 21 heavy (non-hydrogen) atoms. The summed E-state index contributed by atoms with van der Waals surface area (Å²) >= 11 is 7.63. The van der Waals surface area contributed by atoms with Gasteiger partial charge in [0.2, 0.25) is 10.0 Å². The van der Waals surface area contributed by atoms with Crippen molar-refractivity contribution < 1.29 is 18.3 Å². The summed E-state index contributed by atoms with van der Waals surface area (Å²) in [6.45, 7) is 0.00694. The number of ether oxygens (including phenoxy) is 1. The van der Waals surface area contributed by atoms with Crippen molar-refractivity contribution >= 4 is 33.4 Å². The Balaban J connectivity index is 2.94. The number of thioether (sulfide) groups is 1. The predicted molar refractivity (Wildman–Crippen MR) is 86.7 cm³/mol. The Morgan fingerprint density at radius 3 is 2.67 bits per heavy atom. The molecule has 0 aliphatic heterocycles. The molecule has 1 aromatic carbocycles. The van der Waals surface area contributed by atoms with Gasteiger partial charge >= 0.3 is 0 Å². The van der Waals surface area contributed by atoms with Crippen LogP contribution >= 0.6 is 23.4 Å². The van der Waals surface area contributed by atoms with Gasteiger partial charge in [-0.1, -0.05) is 11.6 Å². The van der Waals surface area contributed by atoms with Crippen LogP contribution in [0.3, 0.4) is 0 Å². The highest BCUT2D eigenvalue weighted by Crippen LogP contribution is 2.31. The van der Waals surface area contributed by atoms with E-state index in [4.69, 9.17) is 16.3 Å². The van der Waals surface area contributed by atoms with Crippen LogP contribution in [0.1, 0.15) is 18.4 Å². The minimum Gasteiger partial charge on any atom is -0.495 e. The lowest BCUT2D eigenvalue weighted by Gasteiger charge is -2.14. The molecule has 2 N–H and O–H groups in total. The van der Waals surface area contributed by atoms with Crippen molar-refractivity contribution in [2.24, 2.45) is 0 Å². The average molecular weight is 354 g/mol. The fourth-order valence-electron chi connectivity index (χ4n) is 1.83. The van der Waals surface area contributed by atoms with Crippen molar-refractivity contribution in [3.8, 4) is 5.75 Å². The number of rotatable bonds is 9. The van der Waals surface area contributed by atoms with Gasteiger partial charge in [-0.15, -0.1) is 0 Å². The van der Waals surface area contributed by atoms with E-state index in [9.17, 15) is 13.5 Å². The zero-order valence-corrected chi connectivity index (χ0v) is 14.4. The van der Waals surface area contributed by atoms with Crippen molar-refractivity contribution in [2.75, 3.05) is 25.7 Å². The number of sulfonamides is 1. The van der Waals surface area contributed by atoms with E-state index in [0.29, 0.717) is 12.1 Å². The summed E-state index contributed by atoms with van der Waals surface area (Å²) in [4.78, 5) is -0.0496. The molecule has 0 radical (unpaired) electrons. The highest BCUT2D eigenvalue weighted by atomic mass is 35.5. The first-order valence-electron chi connectivity index (χ1n) is 6.42. The molecule has 8 heteroatoms. The van der Waals surface area contributed by atoms with E-state index in [0.717, 1.165) is 18.6 Å². The normalized spacial score (nSPS) is 11.6. The molecule has 1 aromatic rings. The lowest BCUT2D eigenvalue weighted by molar-refractivity contribution is 0.272. The van der Waals surface area contributed by atoms with Crippen LogP contribution in [0.15, 0.2) is 17.0 Å². The van der Waals surface area contributed by atoms with Gasteiger partial charge in [0.1, 0.15) is 10.6 Å². The van der Waals surface area contributed by atoms with E-state index in [2.05, 4.69) is 4.72 Å². The van der Waals surface area contributed by atoms with Gasteiger partial charge in [-0.3, -0.25) is 0 Å². The molecule has 1 rings (SSSR count). The van der Waals surface area contributed by atoms with Crippen LogP contribution in [-0.2, 0) is 16.6 Å². The van der Waals surface area contributed by atoms with Gasteiger partial charge in [0.05, 0.1) is 13.7 Å². The first kappa shape index (κ1) is 18.6. The smallest absolute Gasteiger partial charge is 0.244 e. The minimum absolute atomic E-state index is 0.0496. The number of nitrogens with one attached hydrogen (secondary N) is 1. The fourth-order valence-corrected chi connectivity index (χ4v) is 3.93. The van der Waals surface area contributed by atoms with E-state index < -0.39 is 10.0 Å². The van der Waals surface area contributed by atoms with Crippen LogP contribution in [0.5, 0.6) is 5.75 Å². The molecule has 5 nitrogen and oxygen atoms in total. The molecule has 0 bridgehead atoms. The van der Waals surface area contributed by atoms with Crippen molar-refractivity contribution in [1.29, 1.82) is 0 Å². The number of aliphatic hydroxyl groups excluding tert-OH is 1. The van der Waals surface area contributed by atoms with Gasteiger partial charge in [-0.05, 0) is 37.0 Å². The van der Waals surface area contributed by atoms with Gasteiger partial charge in [0.25, 0.3) is 0 Å². The van der Waals surface area contributed by atoms with Gasteiger partial charge in [-0.2, -0.15) is 11.8 Å². The zero-order chi connectivity index (χ0) is 15.9. The third-order valence-corrected chi connectivity index (χ3v) is 5.21. The summed E-state index contributed by atoms with van der Waals surface area (Å²) in [5.41, 5.74) is 0.341. The van der Waals surface area contributed by atoms with E-state index in [-0.39, 0.29) is 22.3 Å². The molecular formula is C13H20ClNO4S2. The second-order valence-electron chi connectivity index (χ2n) is 4.35. The van der Waals surface area contributed by atoms with Crippen LogP contribution in [0.2, 0.25) is 5.02 Å². The number of hydrogen-bond donors (Lipinski definition) is 2. The van der Waals surface area contributed by atoms with Crippen LogP contribution in [0.4, 0.5) is 0 Å². The molecule has 0 spiro atoms. The Morgan fingerprint density at radius 2 is 2.10 bits per heavy atom. The zero-order valence-electron chi connectivity index (χ0n) is 12.1. The van der Waals surface area contributed by atoms with Gasteiger partial charge in [-0.25, -0.2) is 13.1 Å². The second kappa shape index (κ2) is 8.85.